The Hall–Kier alpha value is -0.900. The minimum Gasteiger partial charge on any atom is -0.475 e. The number of furan rings is 1. The van der Waals surface area contributed by atoms with Crippen molar-refractivity contribution in [3.05, 3.63) is 16.5 Å². The second kappa shape index (κ2) is 5.61. The first-order valence-corrected chi connectivity index (χ1v) is 7.54. The molecule has 0 atom stereocenters. The molecular weight excluding hydrogens is 342 g/mol. The average molecular weight is 356 g/mol. The molecule has 0 saturated carbocycles. The van der Waals surface area contributed by atoms with Crippen molar-refractivity contribution in [3.63, 3.8) is 0 Å². The summed E-state index contributed by atoms with van der Waals surface area (Å²) in [7, 11) is -3.95. The molecule has 0 bridgehead atoms. The van der Waals surface area contributed by atoms with Gasteiger partial charge in [0.15, 0.2) is 4.67 Å². The number of sulfonamides is 1. The first kappa shape index (κ1) is 16.2. The van der Waals surface area contributed by atoms with E-state index >= 15 is 0 Å². The van der Waals surface area contributed by atoms with E-state index in [9.17, 15) is 13.2 Å². The molecule has 3 N–H and O–H groups in total. The van der Waals surface area contributed by atoms with Crippen molar-refractivity contribution in [1.29, 1.82) is 0 Å². The predicted molar refractivity (Wildman–Crippen MR) is 69.5 cm³/mol. The number of nitrogens with one attached hydrogen (secondary N) is 1. The van der Waals surface area contributed by atoms with Gasteiger partial charge in [-0.2, -0.15) is 0 Å². The number of aromatic carboxylic acids is 1. The lowest BCUT2D eigenvalue weighted by atomic mass is 10.0. The Balaban J connectivity index is 3.11. The first-order chi connectivity index (χ1) is 8.59. The third kappa shape index (κ3) is 4.03. The lowest BCUT2D eigenvalue weighted by Gasteiger charge is -2.24. The van der Waals surface area contributed by atoms with Gasteiger partial charge < -0.3 is 14.6 Å². The second-order valence-electron chi connectivity index (χ2n) is 4.52. The van der Waals surface area contributed by atoms with Gasteiger partial charge in [0.1, 0.15) is 4.90 Å². The SMILES string of the molecule is CC(C)(CCO)NS(=O)(=O)c1cc(C(=O)O)oc1Br. The fourth-order valence-corrected chi connectivity index (χ4v) is 3.77. The van der Waals surface area contributed by atoms with E-state index in [1.54, 1.807) is 13.8 Å². The van der Waals surface area contributed by atoms with Gasteiger partial charge in [0.2, 0.25) is 15.8 Å². The average Bonchev–Trinajstić information content (AvgIpc) is 2.59. The molecule has 0 radical (unpaired) electrons. The highest BCUT2D eigenvalue weighted by Crippen LogP contribution is 2.27. The minimum absolute atomic E-state index is 0.178. The van der Waals surface area contributed by atoms with Gasteiger partial charge in [-0.1, -0.05) is 0 Å². The van der Waals surface area contributed by atoms with Gasteiger partial charge in [-0.25, -0.2) is 17.9 Å². The molecule has 0 saturated heterocycles. The molecule has 108 valence electrons. The van der Waals surface area contributed by atoms with Crippen molar-refractivity contribution in [2.75, 3.05) is 6.61 Å². The number of rotatable bonds is 6. The van der Waals surface area contributed by atoms with Crippen LogP contribution in [0, 0.1) is 0 Å². The van der Waals surface area contributed by atoms with Crippen LogP contribution in [0.4, 0.5) is 0 Å². The summed E-state index contributed by atoms with van der Waals surface area (Å²) in [6.07, 6.45) is 0.216. The number of carboxylic acid groups (broad SMARTS) is 1. The first-order valence-electron chi connectivity index (χ1n) is 5.26. The zero-order valence-electron chi connectivity index (χ0n) is 10.3. The van der Waals surface area contributed by atoms with Gasteiger partial charge in [0, 0.05) is 18.2 Å². The largest absolute Gasteiger partial charge is 0.475 e. The highest BCUT2D eigenvalue weighted by Gasteiger charge is 2.30. The minimum atomic E-state index is -3.95. The molecular formula is C10H14BrNO6S. The maximum Gasteiger partial charge on any atom is 0.371 e. The van der Waals surface area contributed by atoms with Crippen molar-refractivity contribution < 1.29 is 27.8 Å². The topological polar surface area (TPSA) is 117 Å². The second-order valence-corrected chi connectivity index (χ2v) is 6.89. The summed E-state index contributed by atoms with van der Waals surface area (Å²) in [5.74, 6) is -1.84. The number of hydrogen-bond acceptors (Lipinski definition) is 5. The normalized spacial score (nSPS) is 12.6. The lowest BCUT2D eigenvalue weighted by Crippen LogP contribution is -2.43. The summed E-state index contributed by atoms with van der Waals surface area (Å²) in [5.41, 5.74) is -0.867. The standard InChI is InChI=1S/C10H14BrNO6S/c1-10(2,3-4-13)12-19(16,17)7-5-6(9(14)15)18-8(7)11/h5,12-13H,3-4H2,1-2H3,(H,14,15). The van der Waals surface area contributed by atoms with E-state index in [0.717, 1.165) is 6.07 Å². The zero-order chi connectivity index (χ0) is 14.8. The molecule has 7 nitrogen and oxygen atoms in total. The Kier molecular flexibility index (Phi) is 4.77. The van der Waals surface area contributed by atoms with Gasteiger partial charge in [-0.15, -0.1) is 0 Å². The van der Waals surface area contributed by atoms with E-state index in [0.29, 0.717) is 0 Å². The Bertz CT molecular complexity index is 577. The molecule has 0 aromatic carbocycles. The van der Waals surface area contributed by atoms with Gasteiger partial charge in [0.05, 0.1) is 0 Å². The number of aliphatic hydroxyl groups excluding tert-OH is 1. The number of hydrogen-bond donors (Lipinski definition) is 3. The Labute approximate surface area is 118 Å². The van der Waals surface area contributed by atoms with E-state index in [2.05, 4.69) is 20.7 Å². The molecule has 9 heteroatoms. The van der Waals surface area contributed by atoms with E-state index in [-0.39, 0.29) is 22.6 Å². The van der Waals surface area contributed by atoms with Crippen LogP contribution in [-0.2, 0) is 10.0 Å². The lowest BCUT2D eigenvalue weighted by molar-refractivity contribution is 0.0661. The highest BCUT2D eigenvalue weighted by atomic mass is 79.9. The summed E-state index contributed by atoms with van der Waals surface area (Å²) in [5, 5.41) is 17.6. The van der Waals surface area contributed by atoms with Crippen LogP contribution in [0.5, 0.6) is 0 Å². The summed E-state index contributed by atoms with van der Waals surface area (Å²) in [4.78, 5) is 10.4. The van der Waals surface area contributed by atoms with Gasteiger partial charge in [-0.3, -0.25) is 0 Å². The van der Waals surface area contributed by atoms with Crippen molar-refractivity contribution >= 4 is 31.9 Å². The van der Waals surface area contributed by atoms with Crippen molar-refractivity contribution in [2.45, 2.75) is 30.7 Å². The van der Waals surface area contributed by atoms with Crippen LogP contribution in [0.2, 0.25) is 0 Å². The molecule has 0 unspecified atom stereocenters. The molecule has 1 aromatic heterocycles. The van der Waals surface area contributed by atoms with Crippen LogP contribution in [0.1, 0.15) is 30.8 Å². The summed E-state index contributed by atoms with van der Waals surface area (Å²) in [6.45, 7) is 3.03. The van der Waals surface area contributed by atoms with Gasteiger partial charge >= 0.3 is 5.97 Å². The highest BCUT2D eigenvalue weighted by molar-refractivity contribution is 9.10. The van der Waals surface area contributed by atoms with Crippen LogP contribution in [-0.4, -0.2) is 36.7 Å². The van der Waals surface area contributed by atoms with Gasteiger partial charge in [-0.05, 0) is 36.2 Å². The van der Waals surface area contributed by atoms with Gasteiger partial charge in [0.25, 0.3) is 0 Å². The van der Waals surface area contributed by atoms with E-state index in [4.69, 9.17) is 14.6 Å². The fraction of sp³-hybridized carbons (Fsp3) is 0.500. The van der Waals surface area contributed by atoms with Crippen LogP contribution < -0.4 is 4.72 Å². The molecule has 1 rings (SSSR count). The number of halogens is 1. The Morgan fingerprint density at radius 2 is 2.11 bits per heavy atom. The molecule has 1 heterocycles. The predicted octanol–water partition coefficient (Wildman–Crippen LogP) is 1.18. The molecule has 1 aromatic rings. The maximum atomic E-state index is 12.1. The number of aliphatic hydroxyl groups is 1. The smallest absolute Gasteiger partial charge is 0.371 e. The summed E-state index contributed by atoms with van der Waals surface area (Å²) >= 11 is 2.87. The van der Waals surface area contributed by atoms with Crippen LogP contribution in [0.3, 0.4) is 0 Å². The summed E-state index contributed by atoms with van der Waals surface area (Å²) < 4.78 is 31.2. The fourth-order valence-electron chi connectivity index (χ4n) is 1.39. The van der Waals surface area contributed by atoms with Crippen LogP contribution >= 0.6 is 15.9 Å². The quantitative estimate of drug-likeness (QED) is 0.705. The third-order valence-corrected chi connectivity index (χ3v) is 4.86. The molecule has 0 aliphatic rings. The van der Waals surface area contributed by atoms with Crippen molar-refractivity contribution in [3.8, 4) is 0 Å². The van der Waals surface area contributed by atoms with E-state index in [1.807, 2.05) is 0 Å². The molecule has 19 heavy (non-hydrogen) atoms. The number of carboxylic acids is 1. The van der Waals surface area contributed by atoms with Crippen LogP contribution in [0.25, 0.3) is 0 Å². The molecule has 0 amide bonds. The zero-order valence-corrected chi connectivity index (χ0v) is 12.7. The molecule has 0 aliphatic carbocycles. The van der Waals surface area contributed by atoms with E-state index < -0.39 is 27.3 Å². The molecule has 0 spiro atoms. The maximum absolute atomic E-state index is 12.1. The van der Waals surface area contributed by atoms with Crippen LogP contribution in [0.15, 0.2) is 20.0 Å². The van der Waals surface area contributed by atoms with Crippen molar-refractivity contribution in [2.24, 2.45) is 0 Å². The molecule has 0 aliphatic heterocycles. The molecule has 0 fully saturated rings. The van der Waals surface area contributed by atoms with E-state index in [1.165, 1.54) is 0 Å². The monoisotopic (exact) mass is 355 g/mol. The summed E-state index contributed by atoms with van der Waals surface area (Å²) in [6, 6.07) is 0.920. The number of carbonyl (C=O) groups is 1. The Morgan fingerprint density at radius 1 is 1.53 bits per heavy atom. The van der Waals surface area contributed by atoms with Crippen molar-refractivity contribution in [1.82, 2.24) is 4.72 Å². The Morgan fingerprint density at radius 3 is 2.53 bits per heavy atom. The third-order valence-electron chi connectivity index (χ3n) is 2.30.